The first-order valence-electron chi connectivity index (χ1n) is 3.24. The van der Waals surface area contributed by atoms with E-state index in [2.05, 4.69) is 10.8 Å². The first-order chi connectivity index (χ1) is 4.33. The van der Waals surface area contributed by atoms with Gasteiger partial charge in [-0.3, -0.25) is 4.90 Å². The molecule has 50 valence electrons. The molecule has 0 bridgehead atoms. The topological polar surface area (TPSA) is 29.3 Å². The van der Waals surface area contributed by atoms with E-state index in [1.807, 2.05) is 0 Å². The fourth-order valence-corrected chi connectivity index (χ4v) is 1.14. The summed E-state index contributed by atoms with van der Waals surface area (Å²) in [4.78, 5) is 2.20. The monoisotopic (exact) mass is 124 g/mol. The van der Waals surface area contributed by atoms with Gasteiger partial charge in [0.2, 0.25) is 0 Å². The van der Waals surface area contributed by atoms with E-state index in [4.69, 9.17) is 12.2 Å². The minimum Gasteiger partial charge on any atom is -0.326 e. The predicted octanol–water partition coefficient (Wildman–Crippen LogP) is -0.347. The Morgan fingerprint density at radius 3 is 3.00 bits per heavy atom. The average molecular weight is 124 g/mol. The summed E-state index contributed by atoms with van der Waals surface area (Å²) in [5.41, 5.74) is 5.65. The summed E-state index contributed by atoms with van der Waals surface area (Å²) in [6.45, 7) is 2.81. The van der Waals surface area contributed by atoms with Gasteiger partial charge in [-0.1, -0.05) is 5.92 Å². The van der Waals surface area contributed by atoms with Gasteiger partial charge < -0.3 is 5.73 Å². The molecule has 0 spiro atoms. The lowest BCUT2D eigenvalue weighted by atomic mass is 10.3. The summed E-state index contributed by atoms with van der Waals surface area (Å²) in [5, 5.41) is 0. The Morgan fingerprint density at radius 2 is 2.56 bits per heavy atom. The van der Waals surface area contributed by atoms with E-state index in [-0.39, 0.29) is 0 Å². The van der Waals surface area contributed by atoms with Crippen molar-refractivity contribution in [2.75, 3.05) is 19.6 Å². The van der Waals surface area contributed by atoms with Gasteiger partial charge in [-0.2, -0.15) is 0 Å². The summed E-state index contributed by atoms with van der Waals surface area (Å²) in [7, 11) is 0. The van der Waals surface area contributed by atoms with E-state index in [9.17, 15) is 0 Å². The summed E-state index contributed by atoms with van der Waals surface area (Å²) >= 11 is 0. The molecule has 1 aliphatic rings. The molecular weight excluding hydrogens is 112 g/mol. The smallest absolute Gasteiger partial charge is 0.0599 e. The van der Waals surface area contributed by atoms with Crippen LogP contribution in [0.15, 0.2) is 0 Å². The van der Waals surface area contributed by atoms with Crippen LogP contribution < -0.4 is 5.73 Å². The Morgan fingerprint density at radius 1 is 1.78 bits per heavy atom. The third-order valence-electron chi connectivity index (χ3n) is 1.62. The second-order valence-corrected chi connectivity index (χ2v) is 2.49. The zero-order valence-corrected chi connectivity index (χ0v) is 5.51. The molecule has 1 rings (SSSR count). The van der Waals surface area contributed by atoms with Crippen LogP contribution in [0.1, 0.15) is 6.42 Å². The number of terminal acetylenes is 1. The van der Waals surface area contributed by atoms with Crippen molar-refractivity contribution in [3.05, 3.63) is 0 Å². The summed E-state index contributed by atoms with van der Waals surface area (Å²) in [6.07, 6.45) is 6.22. The number of hydrogen-bond acceptors (Lipinski definition) is 2. The molecular formula is C7H12N2. The summed E-state index contributed by atoms with van der Waals surface area (Å²) in [6, 6.07) is 0.360. The normalized spacial score (nSPS) is 28.2. The van der Waals surface area contributed by atoms with E-state index in [1.165, 1.54) is 0 Å². The van der Waals surface area contributed by atoms with Crippen molar-refractivity contribution in [3.8, 4) is 12.3 Å². The van der Waals surface area contributed by atoms with Crippen molar-refractivity contribution in [2.45, 2.75) is 12.5 Å². The SMILES string of the molecule is C#CCN1CC[C@H](N)C1. The molecule has 0 radical (unpaired) electrons. The Kier molecular flexibility index (Phi) is 2.10. The fourth-order valence-electron chi connectivity index (χ4n) is 1.14. The molecule has 1 fully saturated rings. The van der Waals surface area contributed by atoms with E-state index in [1.54, 1.807) is 0 Å². The van der Waals surface area contributed by atoms with Crippen LogP contribution in [0, 0.1) is 12.3 Å². The highest BCUT2D eigenvalue weighted by Gasteiger charge is 2.16. The van der Waals surface area contributed by atoms with Crippen molar-refractivity contribution >= 4 is 0 Å². The van der Waals surface area contributed by atoms with Crippen LogP contribution >= 0.6 is 0 Å². The largest absolute Gasteiger partial charge is 0.326 e. The Hall–Kier alpha value is -0.520. The van der Waals surface area contributed by atoms with Crippen molar-refractivity contribution in [2.24, 2.45) is 5.73 Å². The number of likely N-dealkylation sites (tertiary alicyclic amines) is 1. The summed E-state index contributed by atoms with van der Waals surface area (Å²) < 4.78 is 0. The lowest BCUT2D eigenvalue weighted by Gasteiger charge is -2.09. The molecule has 1 saturated heterocycles. The van der Waals surface area contributed by atoms with Gasteiger partial charge in [0.05, 0.1) is 6.54 Å². The van der Waals surface area contributed by atoms with Gasteiger partial charge in [0.1, 0.15) is 0 Å². The minimum atomic E-state index is 0.360. The maximum atomic E-state index is 5.65. The molecule has 0 amide bonds. The van der Waals surface area contributed by atoms with E-state index in [0.29, 0.717) is 6.04 Å². The molecule has 0 unspecified atom stereocenters. The molecule has 0 aromatic carbocycles. The van der Waals surface area contributed by atoms with Crippen LogP contribution in [-0.4, -0.2) is 30.6 Å². The molecule has 0 saturated carbocycles. The van der Waals surface area contributed by atoms with Crippen molar-refractivity contribution in [3.63, 3.8) is 0 Å². The van der Waals surface area contributed by atoms with Crippen LogP contribution in [0.5, 0.6) is 0 Å². The Labute approximate surface area is 56.0 Å². The molecule has 1 atom stereocenters. The van der Waals surface area contributed by atoms with Gasteiger partial charge in [0.15, 0.2) is 0 Å². The van der Waals surface area contributed by atoms with E-state index in [0.717, 1.165) is 26.1 Å². The van der Waals surface area contributed by atoms with Gasteiger partial charge >= 0.3 is 0 Å². The lowest BCUT2D eigenvalue weighted by Crippen LogP contribution is -2.26. The quantitative estimate of drug-likeness (QED) is 0.484. The third kappa shape index (κ3) is 1.70. The van der Waals surface area contributed by atoms with E-state index < -0.39 is 0 Å². The second kappa shape index (κ2) is 2.86. The number of hydrogen-bond donors (Lipinski definition) is 1. The molecule has 9 heavy (non-hydrogen) atoms. The molecule has 0 aromatic heterocycles. The van der Waals surface area contributed by atoms with Gasteiger partial charge in [-0.05, 0) is 6.42 Å². The van der Waals surface area contributed by atoms with E-state index >= 15 is 0 Å². The van der Waals surface area contributed by atoms with Crippen LogP contribution in [0.25, 0.3) is 0 Å². The standard InChI is InChI=1S/C7H12N2/c1-2-4-9-5-3-7(8)6-9/h1,7H,3-6,8H2/t7-/m0/s1. The molecule has 0 aliphatic carbocycles. The zero-order chi connectivity index (χ0) is 6.69. The third-order valence-corrected chi connectivity index (χ3v) is 1.62. The molecule has 1 aliphatic heterocycles. The van der Waals surface area contributed by atoms with Crippen molar-refractivity contribution < 1.29 is 0 Å². The molecule has 2 N–H and O–H groups in total. The summed E-state index contributed by atoms with van der Waals surface area (Å²) in [5.74, 6) is 2.60. The molecule has 1 heterocycles. The van der Waals surface area contributed by atoms with Crippen LogP contribution in [-0.2, 0) is 0 Å². The Bertz CT molecular complexity index is 125. The highest BCUT2D eigenvalue weighted by Crippen LogP contribution is 2.04. The highest BCUT2D eigenvalue weighted by molar-refractivity contribution is 4.91. The predicted molar refractivity (Wildman–Crippen MR) is 37.9 cm³/mol. The van der Waals surface area contributed by atoms with Crippen molar-refractivity contribution in [1.82, 2.24) is 4.90 Å². The van der Waals surface area contributed by atoms with Crippen LogP contribution in [0.4, 0.5) is 0 Å². The molecule has 0 aromatic rings. The molecule has 2 heteroatoms. The van der Waals surface area contributed by atoms with Crippen molar-refractivity contribution in [1.29, 1.82) is 0 Å². The highest BCUT2D eigenvalue weighted by atomic mass is 15.2. The van der Waals surface area contributed by atoms with Crippen LogP contribution in [0.2, 0.25) is 0 Å². The number of nitrogens with zero attached hydrogens (tertiary/aromatic N) is 1. The zero-order valence-electron chi connectivity index (χ0n) is 5.51. The van der Waals surface area contributed by atoms with Gasteiger partial charge in [0, 0.05) is 19.1 Å². The lowest BCUT2D eigenvalue weighted by molar-refractivity contribution is 0.377. The first-order valence-corrected chi connectivity index (χ1v) is 3.24. The van der Waals surface area contributed by atoms with Crippen LogP contribution in [0.3, 0.4) is 0 Å². The minimum absolute atomic E-state index is 0.360. The average Bonchev–Trinajstić information content (AvgIpc) is 2.17. The second-order valence-electron chi connectivity index (χ2n) is 2.49. The number of rotatable bonds is 1. The maximum absolute atomic E-state index is 5.65. The fraction of sp³-hybridized carbons (Fsp3) is 0.714. The number of nitrogens with two attached hydrogens (primary N) is 1. The maximum Gasteiger partial charge on any atom is 0.0599 e. The van der Waals surface area contributed by atoms with Gasteiger partial charge in [-0.15, -0.1) is 6.42 Å². The Balaban J connectivity index is 2.24. The van der Waals surface area contributed by atoms with Gasteiger partial charge in [-0.25, -0.2) is 0 Å². The van der Waals surface area contributed by atoms with Gasteiger partial charge in [0.25, 0.3) is 0 Å². The molecule has 2 nitrogen and oxygen atoms in total. The first kappa shape index (κ1) is 6.60.